The second kappa shape index (κ2) is 9.53. The quantitative estimate of drug-likeness (QED) is 0.453. The maximum atomic E-state index is 12.8. The van der Waals surface area contributed by atoms with Gasteiger partial charge in [0, 0.05) is 42.4 Å². The molecule has 5 amide bonds. The van der Waals surface area contributed by atoms with E-state index in [0.717, 1.165) is 10.3 Å². The second-order valence-corrected chi connectivity index (χ2v) is 7.37. The number of para-hydroxylation sites is 1. The zero-order valence-electron chi connectivity index (χ0n) is 17.8. The van der Waals surface area contributed by atoms with E-state index in [2.05, 4.69) is 16.0 Å². The first-order valence-electron chi connectivity index (χ1n) is 10.2. The zero-order chi connectivity index (χ0) is 23.4. The van der Waals surface area contributed by atoms with Crippen LogP contribution in [0.4, 0.5) is 16.2 Å². The molecule has 4 rings (SSSR count). The molecule has 10 nitrogen and oxygen atoms in total. The Bertz CT molecular complexity index is 1200. The van der Waals surface area contributed by atoms with Crippen LogP contribution in [0, 0.1) is 0 Å². The van der Waals surface area contributed by atoms with Crippen molar-refractivity contribution in [1.29, 1.82) is 0 Å². The molecule has 10 heteroatoms. The summed E-state index contributed by atoms with van der Waals surface area (Å²) < 4.78 is 11.0. The molecule has 0 radical (unpaired) electrons. The van der Waals surface area contributed by atoms with Crippen molar-refractivity contribution in [1.82, 2.24) is 10.2 Å². The SMILES string of the molecule is COCc1c(C(=O)Nc2ccc(NC(=O)CCN3C(=O)CNC3=O)cc2)oc2ccccc12. The summed E-state index contributed by atoms with van der Waals surface area (Å²) in [7, 11) is 1.55. The minimum Gasteiger partial charge on any atom is -0.451 e. The molecule has 1 aliphatic heterocycles. The van der Waals surface area contributed by atoms with Crippen LogP contribution >= 0.6 is 0 Å². The smallest absolute Gasteiger partial charge is 0.324 e. The highest BCUT2D eigenvalue weighted by atomic mass is 16.5. The highest BCUT2D eigenvalue weighted by Gasteiger charge is 2.28. The van der Waals surface area contributed by atoms with Crippen molar-refractivity contribution in [2.24, 2.45) is 0 Å². The van der Waals surface area contributed by atoms with Gasteiger partial charge in [-0.25, -0.2) is 4.79 Å². The van der Waals surface area contributed by atoms with Gasteiger partial charge in [-0.3, -0.25) is 19.3 Å². The molecular weight excluding hydrogens is 428 g/mol. The number of rotatable bonds is 8. The maximum Gasteiger partial charge on any atom is 0.324 e. The summed E-state index contributed by atoms with van der Waals surface area (Å²) in [5, 5.41) is 8.69. The first-order chi connectivity index (χ1) is 16.0. The Morgan fingerprint density at radius 2 is 1.76 bits per heavy atom. The molecular formula is C23H22N4O6. The van der Waals surface area contributed by atoms with Gasteiger partial charge < -0.3 is 25.1 Å². The molecule has 0 bridgehead atoms. The van der Waals surface area contributed by atoms with E-state index in [0.29, 0.717) is 22.5 Å². The Morgan fingerprint density at radius 1 is 1.06 bits per heavy atom. The highest BCUT2D eigenvalue weighted by molar-refractivity contribution is 6.06. The molecule has 0 aliphatic carbocycles. The Hall–Kier alpha value is -4.18. The number of nitrogens with zero attached hydrogens (tertiary/aromatic N) is 1. The van der Waals surface area contributed by atoms with E-state index in [4.69, 9.17) is 9.15 Å². The lowest BCUT2D eigenvalue weighted by atomic mass is 10.1. The highest BCUT2D eigenvalue weighted by Crippen LogP contribution is 2.27. The van der Waals surface area contributed by atoms with Crippen molar-refractivity contribution in [2.75, 3.05) is 30.8 Å². The Morgan fingerprint density at radius 3 is 2.42 bits per heavy atom. The fraction of sp³-hybridized carbons (Fsp3) is 0.217. The number of hydrogen-bond acceptors (Lipinski definition) is 6. The molecule has 2 aromatic carbocycles. The summed E-state index contributed by atoms with van der Waals surface area (Å²) in [6, 6.07) is 13.4. The van der Waals surface area contributed by atoms with Gasteiger partial charge in [0.1, 0.15) is 5.58 Å². The number of furan rings is 1. The van der Waals surface area contributed by atoms with Crippen molar-refractivity contribution in [3.8, 4) is 0 Å². The molecule has 3 N–H and O–H groups in total. The average Bonchev–Trinajstić information content (AvgIpc) is 3.33. The molecule has 0 unspecified atom stereocenters. The lowest BCUT2D eigenvalue weighted by molar-refractivity contribution is -0.125. The van der Waals surface area contributed by atoms with Crippen molar-refractivity contribution in [2.45, 2.75) is 13.0 Å². The first-order valence-corrected chi connectivity index (χ1v) is 10.2. The van der Waals surface area contributed by atoms with Crippen molar-refractivity contribution in [3.05, 3.63) is 59.9 Å². The first kappa shape index (κ1) is 22.0. The van der Waals surface area contributed by atoms with Gasteiger partial charge in [0.05, 0.1) is 13.2 Å². The number of carbonyl (C=O) groups is 4. The second-order valence-electron chi connectivity index (χ2n) is 7.37. The fourth-order valence-electron chi connectivity index (χ4n) is 3.51. The largest absolute Gasteiger partial charge is 0.451 e. The van der Waals surface area contributed by atoms with Crippen molar-refractivity contribution in [3.63, 3.8) is 0 Å². The number of nitrogens with one attached hydrogen (secondary N) is 3. The molecule has 170 valence electrons. The predicted molar refractivity (Wildman–Crippen MR) is 120 cm³/mol. The van der Waals surface area contributed by atoms with E-state index in [-0.39, 0.29) is 43.7 Å². The standard InChI is InChI=1S/C23H22N4O6/c1-32-13-17-16-4-2-3-5-18(16)33-21(17)22(30)26-15-8-6-14(7-9-15)25-19(28)10-11-27-20(29)12-24-23(27)31/h2-9H,10-13H2,1H3,(H,24,31)(H,25,28)(H,26,30). The summed E-state index contributed by atoms with van der Waals surface area (Å²) in [5.74, 6) is -0.934. The van der Waals surface area contributed by atoms with Crippen LogP contribution < -0.4 is 16.0 Å². The van der Waals surface area contributed by atoms with Crippen LogP contribution in [0.2, 0.25) is 0 Å². The van der Waals surface area contributed by atoms with Gasteiger partial charge in [-0.2, -0.15) is 0 Å². The summed E-state index contributed by atoms with van der Waals surface area (Å²) in [6.07, 6.45) is -0.0218. The van der Waals surface area contributed by atoms with Crippen molar-refractivity contribution >= 4 is 46.1 Å². The van der Waals surface area contributed by atoms with E-state index in [1.165, 1.54) is 0 Å². The van der Waals surface area contributed by atoms with Gasteiger partial charge in [0.25, 0.3) is 5.91 Å². The molecule has 1 fully saturated rings. The fourth-order valence-corrected chi connectivity index (χ4v) is 3.51. The van der Waals surface area contributed by atoms with Crippen LogP contribution in [0.3, 0.4) is 0 Å². The van der Waals surface area contributed by atoms with Gasteiger partial charge in [-0.1, -0.05) is 18.2 Å². The summed E-state index contributed by atoms with van der Waals surface area (Å²) in [4.78, 5) is 49.0. The van der Waals surface area contributed by atoms with Gasteiger partial charge in [0.2, 0.25) is 11.8 Å². The Labute approximate surface area is 188 Å². The van der Waals surface area contributed by atoms with Crippen molar-refractivity contribution < 1.29 is 28.3 Å². The normalized spacial score (nSPS) is 13.3. The number of benzene rings is 2. The number of amides is 5. The van der Waals surface area contributed by atoms with Gasteiger partial charge in [0.15, 0.2) is 5.76 Å². The maximum absolute atomic E-state index is 12.8. The number of urea groups is 1. The number of fused-ring (bicyclic) bond motifs is 1. The summed E-state index contributed by atoms with van der Waals surface area (Å²) in [5.41, 5.74) is 2.29. The third-order valence-corrected chi connectivity index (χ3v) is 5.12. The topological polar surface area (TPSA) is 130 Å². The summed E-state index contributed by atoms with van der Waals surface area (Å²) in [6.45, 7) is 0.190. The molecule has 1 aliphatic rings. The number of ether oxygens (including phenoxy) is 1. The number of carbonyl (C=O) groups excluding carboxylic acids is 4. The molecule has 3 aromatic rings. The monoisotopic (exact) mass is 450 g/mol. The van der Waals surface area contributed by atoms with E-state index in [1.54, 1.807) is 37.4 Å². The molecule has 1 aromatic heterocycles. The molecule has 33 heavy (non-hydrogen) atoms. The van der Waals surface area contributed by atoms with E-state index < -0.39 is 11.9 Å². The molecule has 0 saturated carbocycles. The average molecular weight is 450 g/mol. The molecule has 0 atom stereocenters. The summed E-state index contributed by atoms with van der Waals surface area (Å²) >= 11 is 0. The zero-order valence-corrected chi connectivity index (χ0v) is 17.8. The van der Waals surface area contributed by atoms with Crippen LogP contribution in [0.25, 0.3) is 11.0 Å². The van der Waals surface area contributed by atoms with E-state index in [1.807, 2.05) is 18.2 Å². The van der Waals surface area contributed by atoms with Crippen LogP contribution in [0.5, 0.6) is 0 Å². The molecule has 2 heterocycles. The number of methoxy groups -OCH3 is 1. The van der Waals surface area contributed by atoms with Crippen LogP contribution in [0.1, 0.15) is 22.5 Å². The minimum atomic E-state index is -0.494. The Kier molecular flexibility index (Phi) is 6.36. The number of anilines is 2. The number of imide groups is 1. The van der Waals surface area contributed by atoms with Gasteiger partial charge in [-0.05, 0) is 30.3 Å². The van der Waals surface area contributed by atoms with E-state index in [9.17, 15) is 19.2 Å². The van der Waals surface area contributed by atoms with Gasteiger partial charge >= 0.3 is 6.03 Å². The predicted octanol–water partition coefficient (Wildman–Crippen LogP) is 2.71. The number of hydrogen-bond donors (Lipinski definition) is 3. The van der Waals surface area contributed by atoms with Gasteiger partial charge in [-0.15, -0.1) is 0 Å². The lowest BCUT2D eigenvalue weighted by Gasteiger charge is -2.12. The van der Waals surface area contributed by atoms with E-state index >= 15 is 0 Å². The molecule has 1 saturated heterocycles. The lowest BCUT2D eigenvalue weighted by Crippen LogP contribution is -2.33. The molecule has 0 spiro atoms. The third kappa shape index (κ3) is 4.85. The minimum absolute atomic E-state index is 0.00590. The third-order valence-electron chi connectivity index (χ3n) is 5.12. The van der Waals surface area contributed by atoms with Crippen LogP contribution in [-0.2, 0) is 20.9 Å². The van der Waals surface area contributed by atoms with Crippen LogP contribution in [0.15, 0.2) is 52.9 Å². The Balaban J connectivity index is 1.37. The van der Waals surface area contributed by atoms with Crippen LogP contribution in [-0.4, -0.2) is 48.9 Å².